The summed E-state index contributed by atoms with van der Waals surface area (Å²) >= 11 is 0. The summed E-state index contributed by atoms with van der Waals surface area (Å²) in [5.74, 6) is 0.535. The zero-order valence-corrected chi connectivity index (χ0v) is 12.3. The molecule has 2 nitrogen and oxygen atoms in total. The number of aryl methyl sites for hydroxylation is 1. The van der Waals surface area contributed by atoms with Crippen molar-refractivity contribution < 1.29 is 4.39 Å². The quantitative estimate of drug-likeness (QED) is 0.914. The number of halogens is 1. The first-order chi connectivity index (χ1) is 9.74. The molecule has 0 aliphatic heterocycles. The first kappa shape index (κ1) is 14.0. The van der Waals surface area contributed by atoms with Crippen LogP contribution >= 0.6 is 0 Å². The molecule has 0 bridgehead atoms. The fraction of sp³-hybridized carbons (Fsp3) is 0.647. The van der Waals surface area contributed by atoms with Crippen LogP contribution in [-0.4, -0.2) is 24.0 Å². The topological polar surface area (TPSA) is 29.3 Å². The van der Waals surface area contributed by atoms with Crippen molar-refractivity contribution in [2.45, 2.75) is 51.1 Å². The summed E-state index contributed by atoms with van der Waals surface area (Å²) in [5.41, 5.74) is 8.50. The molecule has 2 aliphatic carbocycles. The minimum absolute atomic E-state index is 0.104. The van der Waals surface area contributed by atoms with Crippen molar-refractivity contribution in [1.29, 1.82) is 0 Å². The molecule has 2 aliphatic rings. The molecule has 0 aromatic heterocycles. The van der Waals surface area contributed by atoms with E-state index in [1.807, 2.05) is 6.07 Å². The largest absolute Gasteiger partial charge is 0.330 e. The Morgan fingerprint density at radius 2 is 2.15 bits per heavy atom. The predicted octanol–water partition coefficient (Wildman–Crippen LogP) is 3.26. The third-order valence-corrected chi connectivity index (χ3v) is 5.26. The molecule has 0 heterocycles. The molecule has 1 aromatic rings. The Balaban J connectivity index is 1.85. The molecule has 0 amide bonds. The van der Waals surface area contributed by atoms with Crippen LogP contribution in [0.4, 0.5) is 4.39 Å². The number of nitrogens with two attached hydrogens (primary N) is 1. The summed E-state index contributed by atoms with van der Waals surface area (Å²) in [5, 5.41) is 0. The van der Waals surface area contributed by atoms with Crippen LogP contribution in [0.25, 0.3) is 0 Å². The van der Waals surface area contributed by atoms with Crippen LogP contribution < -0.4 is 5.73 Å². The van der Waals surface area contributed by atoms with Gasteiger partial charge in [0.15, 0.2) is 0 Å². The summed E-state index contributed by atoms with van der Waals surface area (Å²) in [6, 6.07) is 6.41. The van der Waals surface area contributed by atoms with Gasteiger partial charge in [0, 0.05) is 12.1 Å². The smallest absolute Gasteiger partial charge is 0.123 e. The van der Waals surface area contributed by atoms with Crippen LogP contribution in [0.1, 0.15) is 49.8 Å². The van der Waals surface area contributed by atoms with Crippen molar-refractivity contribution in [3.8, 4) is 0 Å². The number of hydrogen-bond donors (Lipinski definition) is 1. The lowest BCUT2D eigenvalue weighted by molar-refractivity contribution is 0.114. The van der Waals surface area contributed by atoms with E-state index in [1.54, 1.807) is 12.1 Å². The van der Waals surface area contributed by atoms with Crippen molar-refractivity contribution in [2.24, 2.45) is 11.7 Å². The van der Waals surface area contributed by atoms with Gasteiger partial charge in [0.1, 0.15) is 5.82 Å². The van der Waals surface area contributed by atoms with Crippen molar-refractivity contribution in [3.63, 3.8) is 0 Å². The predicted molar refractivity (Wildman–Crippen MR) is 80.0 cm³/mol. The highest BCUT2D eigenvalue weighted by atomic mass is 19.1. The van der Waals surface area contributed by atoms with Crippen molar-refractivity contribution in [2.75, 3.05) is 13.1 Å². The Morgan fingerprint density at radius 1 is 1.30 bits per heavy atom. The van der Waals surface area contributed by atoms with Crippen LogP contribution in [-0.2, 0) is 6.42 Å². The van der Waals surface area contributed by atoms with E-state index in [0.29, 0.717) is 18.0 Å². The van der Waals surface area contributed by atoms with Crippen molar-refractivity contribution in [1.82, 2.24) is 4.90 Å². The summed E-state index contributed by atoms with van der Waals surface area (Å²) < 4.78 is 13.4. The Kier molecular flexibility index (Phi) is 4.08. The zero-order valence-electron chi connectivity index (χ0n) is 12.3. The molecule has 1 fully saturated rings. The number of nitrogens with zero attached hydrogens (tertiary/aromatic N) is 1. The summed E-state index contributed by atoms with van der Waals surface area (Å²) in [4.78, 5) is 2.63. The van der Waals surface area contributed by atoms with Gasteiger partial charge >= 0.3 is 0 Å². The van der Waals surface area contributed by atoms with E-state index < -0.39 is 0 Å². The van der Waals surface area contributed by atoms with E-state index in [4.69, 9.17) is 5.73 Å². The van der Waals surface area contributed by atoms with E-state index in [9.17, 15) is 4.39 Å². The number of rotatable bonds is 4. The number of benzene rings is 1. The fourth-order valence-electron chi connectivity index (χ4n) is 4.32. The van der Waals surface area contributed by atoms with Crippen LogP contribution in [0.15, 0.2) is 18.2 Å². The van der Waals surface area contributed by atoms with Gasteiger partial charge in [0.2, 0.25) is 0 Å². The fourth-order valence-corrected chi connectivity index (χ4v) is 4.32. The molecular formula is C17H25FN2. The van der Waals surface area contributed by atoms with Gasteiger partial charge in [-0.15, -0.1) is 0 Å². The zero-order chi connectivity index (χ0) is 14.1. The molecule has 0 radical (unpaired) electrons. The maximum Gasteiger partial charge on any atom is 0.123 e. The van der Waals surface area contributed by atoms with E-state index in [1.165, 1.54) is 30.4 Å². The minimum Gasteiger partial charge on any atom is -0.330 e. The molecule has 110 valence electrons. The highest BCUT2D eigenvalue weighted by Crippen LogP contribution is 2.41. The monoisotopic (exact) mass is 276 g/mol. The van der Waals surface area contributed by atoms with E-state index in [-0.39, 0.29) is 5.82 Å². The lowest BCUT2D eigenvalue weighted by Gasteiger charge is -2.37. The standard InChI is InChI=1S/C17H25FN2/c1-2-20(16-5-3-4-13(16)11-19)17-9-6-12-10-14(18)7-8-15(12)17/h7-8,10,13,16-17H,2-6,9,11,19H2,1H3. The summed E-state index contributed by atoms with van der Waals surface area (Å²) in [6.07, 6.45) is 5.96. The molecule has 2 N–H and O–H groups in total. The van der Waals surface area contributed by atoms with Crippen molar-refractivity contribution >= 4 is 0 Å². The van der Waals surface area contributed by atoms with Gasteiger partial charge < -0.3 is 5.73 Å². The number of hydrogen-bond acceptors (Lipinski definition) is 2. The number of fused-ring (bicyclic) bond motifs is 1. The second kappa shape index (κ2) is 5.82. The maximum atomic E-state index is 13.4. The Hall–Kier alpha value is -0.930. The third-order valence-electron chi connectivity index (χ3n) is 5.26. The lowest BCUT2D eigenvalue weighted by Crippen LogP contribution is -2.42. The summed E-state index contributed by atoms with van der Waals surface area (Å²) in [7, 11) is 0. The van der Waals surface area contributed by atoms with Gasteiger partial charge in [-0.3, -0.25) is 4.90 Å². The minimum atomic E-state index is -0.104. The Labute approximate surface area is 121 Å². The van der Waals surface area contributed by atoms with Gasteiger partial charge in [0.25, 0.3) is 0 Å². The summed E-state index contributed by atoms with van der Waals surface area (Å²) in [6.45, 7) is 4.10. The molecular weight excluding hydrogens is 251 g/mol. The van der Waals surface area contributed by atoms with Crippen LogP contribution in [0.5, 0.6) is 0 Å². The molecule has 1 saturated carbocycles. The van der Waals surface area contributed by atoms with Gasteiger partial charge in [-0.2, -0.15) is 0 Å². The van der Waals surface area contributed by atoms with Crippen LogP contribution in [0.2, 0.25) is 0 Å². The molecule has 1 aromatic carbocycles. The second-order valence-corrected chi connectivity index (χ2v) is 6.22. The van der Waals surface area contributed by atoms with Gasteiger partial charge in [-0.25, -0.2) is 4.39 Å². The van der Waals surface area contributed by atoms with Crippen molar-refractivity contribution in [3.05, 3.63) is 35.1 Å². The lowest BCUT2D eigenvalue weighted by atomic mass is 9.98. The molecule has 0 saturated heterocycles. The second-order valence-electron chi connectivity index (χ2n) is 6.22. The molecule has 3 heteroatoms. The first-order valence-corrected chi connectivity index (χ1v) is 7.98. The first-order valence-electron chi connectivity index (χ1n) is 7.98. The van der Waals surface area contributed by atoms with Crippen LogP contribution in [0.3, 0.4) is 0 Å². The van der Waals surface area contributed by atoms with Crippen LogP contribution in [0, 0.1) is 11.7 Å². The highest BCUT2D eigenvalue weighted by molar-refractivity contribution is 5.35. The van der Waals surface area contributed by atoms with Gasteiger partial charge in [0.05, 0.1) is 0 Å². The van der Waals surface area contributed by atoms with E-state index >= 15 is 0 Å². The Morgan fingerprint density at radius 3 is 2.90 bits per heavy atom. The molecule has 3 atom stereocenters. The molecule has 3 rings (SSSR count). The maximum absolute atomic E-state index is 13.4. The third kappa shape index (κ3) is 2.38. The average molecular weight is 276 g/mol. The molecule has 20 heavy (non-hydrogen) atoms. The van der Waals surface area contributed by atoms with E-state index in [0.717, 1.165) is 25.9 Å². The van der Waals surface area contributed by atoms with E-state index in [2.05, 4.69) is 11.8 Å². The normalized spacial score (nSPS) is 29.1. The highest BCUT2D eigenvalue weighted by Gasteiger charge is 2.36. The Bertz CT molecular complexity index is 474. The molecule has 3 unspecified atom stereocenters. The SMILES string of the molecule is CCN(C1CCc2cc(F)ccc21)C1CCCC1CN. The molecule has 0 spiro atoms. The van der Waals surface area contributed by atoms with Gasteiger partial charge in [-0.1, -0.05) is 19.4 Å². The average Bonchev–Trinajstić information content (AvgIpc) is 3.07. The van der Waals surface area contributed by atoms with Gasteiger partial charge in [-0.05, 0) is 68.0 Å².